The Kier molecular flexibility index (Phi) is 11.2. The standard InChI is InChI=1S/C37H45NO12/c1-16-11-10-12-17(2)36(46)38-23-15-24(40)26-27(32(23)44)31(43)21(6)34-28(26)35(45)37(8,50-34)48-14-13-25(47-9)18(3)33(49-22(7)39)20(5)30(42)19(4)29(16)41/h10-16,18-20,25,29-30,33,41-43H,1-9H3,(H,38,46)/b11-10+,14-13+,17-12-/t16-,18+,19-,20+,25+,29+,30-,33-,37+/m1/s1. The van der Waals surface area contributed by atoms with Gasteiger partial charge in [-0.1, -0.05) is 45.9 Å². The third-order valence-electron chi connectivity index (χ3n) is 9.80. The highest BCUT2D eigenvalue weighted by Crippen LogP contribution is 2.47. The summed E-state index contributed by atoms with van der Waals surface area (Å²) in [4.78, 5) is 66.2. The number of Topliss-reactive ketones (excluding diaryl/α,β-unsaturated/α-hetero) is 2. The molecule has 0 aromatic heterocycles. The molecule has 1 amide bonds. The van der Waals surface area contributed by atoms with Crippen LogP contribution in [0.1, 0.15) is 85.1 Å². The first-order valence-corrected chi connectivity index (χ1v) is 16.4. The van der Waals surface area contributed by atoms with E-state index in [1.165, 1.54) is 47.0 Å². The predicted octanol–water partition coefficient (Wildman–Crippen LogP) is 3.63. The molecule has 0 saturated heterocycles. The number of phenols is 1. The van der Waals surface area contributed by atoms with Gasteiger partial charge in [0, 0.05) is 61.8 Å². The molecule has 4 N–H and O–H groups in total. The number of carbonyl (C=O) groups is 5. The molecule has 0 fully saturated rings. The number of carbonyl (C=O) groups excluding carboxylic acids is 5. The van der Waals surface area contributed by atoms with Gasteiger partial charge >= 0.3 is 11.8 Å². The molecule has 0 radical (unpaired) electrons. The smallest absolute Gasteiger partial charge is 0.312 e. The molecule has 4 aliphatic rings. The fourth-order valence-corrected chi connectivity index (χ4v) is 6.62. The van der Waals surface area contributed by atoms with Crippen LogP contribution < -0.4 is 10.1 Å². The SMILES string of the molecule is CO[C@H]1/C=C/O[C@@]2(C)Oc3c(C)c(O)c4c(c3C2=O)C(=O)C=C(NC(=O)/C(C)=C\C=C\[C@@H](C)[C@H](O)[C@@H](C)[C@@H](O)[C@H](C)[C@H](OC(C)=O)[C@H]1C)C4=O. The topological polar surface area (TPSA) is 195 Å². The summed E-state index contributed by atoms with van der Waals surface area (Å²) in [7, 11) is 1.42. The Hall–Kier alpha value is -4.59. The first-order valence-electron chi connectivity index (χ1n) is 16.4. The van der Waals surface area contributed by atoms with E-state index in [-0.39, 0.29) is 28.0 Å². The maximum Gasteiger partial charge on any atom is 0.312 e. The number of allylic oxidation sites excluding steroid dienone is 4. The minimum atomic E-state index is -2.03. The number of esters is 1. The van der Waals surface area contributed by atoms with E-state index >= 15 is 0 Å². The van der Waals surface area contributed by atoms with Crippen molar-refractivity contribution >= 4 is 29.2 Å². The van der Waals surface area contributed by atoms with Gasteiger partial charge < -0.3 is 39.6 Å². The number of fused-ring (bicyclic) bond motifs is 14. The highest BCUT2D eigenvalue weighted by molar-refractivity contribution is 6.30. The summed E-state index contributed by atoms with van der Waals surface area (Å²) in [6.07, 6.45) is 4.31. The van der Waals surface area contributed by atoms with Gasteiger partial charge in [-0.3, -0.25) is 24.0 Å². The minimum Gasteiger partial charge on any atom is -0.507 e. The number of aliphatic hydroxyl groups excluding tert-OH is 2. The second-order valence-electron chi connectivity index (χ2n) is 13.4. The van der Waals surface area contributed by atoms with Crippen molar-refractivity contribution in [3.8, 4) is 11.5 Å². The van der Waals surface area contributed by atoms with Crippen molar-refractivity contribution in [1.82, 2.24) is 5.32 Å². The highest BCUT2D eigenvalue weighted by Gasteiger charge is 2.51. The molecule has 0 saturated carbocycles. The molecule has 0 unspecified atom stereocenters. The number of aromatic hydroxyl groups is 1. The molecule has 13 nitrogen and oxygen atoms in total. The quantitative estimate of drug-likeness (QED) is 0.329. The van der Waals surface area contributed by atoms with Crippen LogP contribution in [0.4, 0.5) is 0 Å². The zero-order valence-corrected chi connectivity index (χ0v) is 29.6. The van der Waals surface area contributed by atoms with E-state index in [1.54, 1.807) is 39.8 Å². The Morgan fingerprint density at radius 2 is 1.60 bits per heavy atom. The van der Waals surface area contributed by atoms with E-state index in [4.69, 9.17) is 18.9 Å². The molecule has 5 bridgehead atoms. The van der Waals surface area contributed by atoms with Gasteiger partial charge in [-0.25, -0.2) is 0 Å². The molecule has 9 atom stereocenters. The Balaban J connectivity index is 1.83. The van der Waals surface area contributed by atoms with E-state index in [0.29, 0.717) is 0 Å². The van der Waals surface area contributed by atoms with Crippen LogP contribution in [-0.2, 0) is 23.8 Å². The number of benzene rings is 1. The zero-order valence-electron chi connectivity index (χ0n) is 29.6. The van der Waals surface area contributed by atoms with Crippen LogP contribution in [0.25, 0.3) is 0 Å². The first kappa shape index (κ1) is 38.2. The van der Waals surface area contributed by atoms with Gasteiger partial charge in [-0.15, -0.1) is 0 Å². The molecule has 13 heteroatoms. The maximum atomic E-state index is 13.9. The van der Waals surface area contributed by atoms with E-state index in [9.17, 15) is 39.3 Å². The first-order chi connectivity index (χ1) is 23.4. The Labute approximate surface area is 290 Å². The van der Waals surface area contributed by atoms with Crippen LogP contribution in [-0.4, -0.2) is 81.9 Å². The number of methoxy groups -OCH3 is 1. The van der Waals surface area contributed by atoms with Crippen LogP contribution >= 0.6 is 0 Å². The largest absolute Gasteiger partial charge is 0.507 e. The van der Waals surface area contributed by atoms with Crippen molar-refractivity contribution in [3.63, 3.8) is 0 Å². The van der Waals surface area contributed by atoms with Crippen molar-refractivity contribution in [1.29, 1.82) is 0 Å². The number of amides is 1. The van der Waals surface area contributed by atoms with E-state index in [0.717, 1.165) is 12.3 Å². The fourth-order valence-electron chi connectivity index (χ4n) is 6.62. The summed E-state index contributed by atoms with van der Waals surface area (Å²) in [6, 6.07) is 0. The van der Waals surface area contributed by atoms with Crippen molar-refractivity contribution in [2.45, 2.75) is 85.6 Å². The number of hydrogen-bond acceptors (Lipinski definition) is 12. The molecular formula is C37H45NO12. The number of hydrogen-bond donors (Lipinski definition) is 4. The molecule has 5 rings (SSSR count). The van der Waals surface area contributed by atoms with Gasteiger partial charge in [-0.05, 0) is 19.9 Å². The van der Waals surface area contributed by atoms with Crippen molar-refractivity contribution in [2.75, 3.05) is 7.11 Å². The molecule has 0 spiro atoms. The summed E-state index contributed by atoms with van der Waals surface area (Å²) in [5.41, 5.74) is -1.31. The van der Waals surface area contributed by atoms with Crippen molar-refractivity contribution in [2.24, 2.45) is 23.7 Å². The summed E-state index contributed by atoms with van der Waals surface area (Å²) in [6.45, 7) is 12.3. The van der Waals surface area contributed by atoms with Crippen LogP contribution in [0.2, 0.25) is 0 Å². The third kappa shape index (κ3) is 7.03. The Bertz CT molecular complexity index is 1720. The lowest BCUT2D eigenvalue weighted by molar-refractivity contribution is -0.160. The monoisotopic (exact) mass is 695 g/mol. The van der Waals surface area contributed by atoms with Crippen LogP contribution in [0, 0.1) is 30.6 Å². The molecular weight excluding hydrogens is 650 g/mol. The van der Waals surface area contributed by atoms with Crippen molar-refractivity contribution in [3.05, 3.63) is 70.2 Å². The van der Waals surface area contributed by atoms with E-state index < -0.39 is 100 Å². The number of phenolic OH excluding ortho intramolecular Hbond substituents is 1. The summed E-state index contributed by atoms with van der Waals surface area (Å²) in [5.74, 6) is -8.99. The van der Waals surface area contributed by atoms with Gasteiger partial charge in [0.1, 0.15) is 17.6 Å². The lowest BCUT2D eigenvalue weighted by atomic mass is 9.78. The van der Waals surface area contributed by atoms with Crippen molar-refractivity contribution < 1.29 is 58.2 Å². The summed E-state index contributed by atoms with van der Waals surface area (Å²) < 4.78 is 23.1. The molecule has 1 aliphatic carbocycles. The molecule has 270 valence electrons. The number of rotatable bonds is 2. The average molecular weight is 696 g/mol. The third-order valence-corrected chi connectivity index (χ3v) is 9.80. The van der Waals surface area contributed by atoms with Crippen LogP contribution in [0.5, 0.6) is 11.5 Å². The molecule has 1 aromatic rings. The van der Waals surface area contributed by atoms with Gasteiger partial charge in [0.15, 0.2) is 5.78 Å². The zero-order chi connectivity index (χ0) is 37.4. The second-order valence-corrected chi connectivity index (χ2v) is 13.4. The number of ketones is 3. The van der Waals surface area contributed by atoms with Crippen LogP contribution in [0.3, 0.4) is 0 Å². The molecule has 1 aromatic carbocycles. The Morgan fingerprint density at radius 3 is 2.22 bits per heavy atom. The lowest BCUT2D eigenvalue weighted by Crippen LogP contribution is -2.46. The second kappa shape index (κ2) is 14.7. The normalized spacial score (nSPS) is 34.5. The van der Waals surface area contributed by atoms with Gasteiger partial charge in [-0.2, -0.15) is 0 Å². The summed E-state index contributed by atoms with van der Waals surface area (Å²) >= 11 is 0. The van der Waals surface area contributed by atoms with Gasteiger partial charge in [0.25, 0.3) is 11.7 Å². The molecule has 3 aliphatic heterocycles. The number of ether oxygens (including phenoxy) is 4. The van der Waals surface area contributed by atoms with E-state index in [1.807, 2.05) is 0 Å². The maximum absolute atomic E-state index is 13.9. The minimum absolute atomic E-state index is 0.00885. The highest BCUT2D eigenvalue weighted by atomic mass is 16.7. The lowest BCUT2D eigenvalue weighted by Gasteiger charge is -2.38. The Morgan fingerprint density at radius 1 is 0.940 bits per heavy atom. The van der Waals surface area contributed by atoms with Gasteiger partial charge in [0.05, 0.1) is 47.0 Å². The summed E-state index contributed by atoms with van der Waals surface area (Å²) in [5, 5.41) is 36.1. The molecule has 3 heterocycles. The predicted molar refractivity (Wildman–Crippen MR) is 179 cm³/mol. The van der Waals surface area contributed by atoms with Gasteiger partial charge in [0.2, 0.25) is 5.78 Å². The van der Waals surface area contributed by atoms with E-state index in [2.05, 4.69) is 5.32 Å². The van der Waals surface area contributed by atoms with Crippen LogP contribution in [0.15, 0.2) is 47.9 Å². The average Bonchev–Trinajstić information content (AvgIpc) is 3.33. The number of aliphatic hydroxyl groups is 2. The molecule has 50 heavy (non-hydrogen) atoms. The number of nitrogens with one attached hydrogen (secondary N) is 1. The fraction of sp³-hybridized carbons (Fsp3) is 0.486.